The first-order valence-electron chi connectivity index (χ1n) is 5.47. The van der Waals surface area contributed by atoms with E-state index in [1.54, 1.807) is 0 Å². The highest BCUT2D eigenvalue weighted by atomic mass is 35.6. The maximum atomic E-state index is 6.41. The monoisotopic (exact) mass is 254 g/mol. The second-order valence-corrected chi connectivity index (χ2v) is 11.0. The van der Waals surface area contributed by atoms with Crippen molar-refractivity contribution in [1.29, 1.82) is 0 Å². The van der Waals surface area contributed by atoms with Crippen molar-refractivity contribution in [3.05, 3.63) is 30.3 Å². The minimum absolute atomic E-state index is 0.172. The van der Waals surface area contributed by atoms with Crippen LogP contribution >= 0.6 is 11.1 Å². The molecule has 0 aliphatic heterocycles. The molecule has 0 heterocycles. The van der Waals surface area contributed by atoms with Crippen molar-refractivity contribution < 1.29 is 4.74 Å². The van der Waals surface area contributed by atoms with Crippen molar-refractivity contribution in [3.8, 4) is 5.75 Å². The van der Waals surface area contributed by atoms with Gasteiger partial charge in [-0.2, -0.15) is 11.1 Å². The Morgan fingerprint density at radius 3 is 2.44 bits per heavy atom. The maximum absolute atomic E-state index is 6.41. The second kappa shape index (κ2) is 5.06. The summed E-state index contributed by atoms with van der Waals surface area (Å²) in [6.07, 6.45) is 1.99. The van der Waals surface area contributed by atoms with Gasteiger partial charge in [0.2, 0.25) is 0 Å². The van der Waals surface area contributed by atoms with Gasteiger partial charge in [-0.05, 0) is 25.1 Å². The molecule has 0 saturated carbocycles. The highest BCUT2D eigenvalue weighted by Crippen LogP contribution is 2.21. The normalized spacial score (nSPS) is 11.6. The van der Waals surface area contributed by atoms with Crippen LogP contribution in [0, 0.1) is 0 Å². The SMILES string of the molecule is C=Cc1cc([Si](C)(C)Cl)ccc1OC(C)C. The summed E-state index contributed by atoms with van der Waals surface area (Å²) in [5.41, 5.74) is 1.02. The maximum Gasteiger partial charge on any atom is 0.180 e. The van der Waals surface area contributed by atoms with E-state index < -0.39 is 7.38 Å². The van der Waals surface area contributed by atoms with E-state index in [0.29, 0.717) is 0 Å². The van der Waals surface area contributed by atoms with Crippen molar-refractivity contribution >= 4 is 29.7 Å². The Bertz CT molecular complexity index is 380. The van der Waals surface area contributed by atoms with E-state index in [9.17, 15) is 0 Å². The highest BCUT2D eigenvalue weighted by molar-refractivity contribution is 7.26. The molecule has 0 N–H and O–H groups in total. The van der Waals surface area contributed by atoms with E-state index in [-0.39, 0.29) is 6.10 Å². The first kappa shape index (κ1) is 13.3. The van der Waals surface area contributed by atoms with E-state index in [1.165, 1.54) is 5.19 Å². The topological polar surface area (TPSA) is 9.23 Å². The van der Waals surface area contributed by atoms with Gasteiger partial charge in [0.25, 0.3) is 0 Å². The van der Waals surface area contributed by atoms with E-state index >= 15 is 0 Å². The molecule has 16 heavy (non-hydrogen) atoms. The van der Waals surface area contributed by atoms with Crippen LogP contribution in [0.15, 0.2) is 24.8 Å². The van der Waals surface area contributed by atoms with Gasteiger partial charge in [0.05, 0.1) is 6.10 Å². The molecule has 3 heteroatoms. The molecule has 0 aliphatic carbocycles. The predicted octanol–water partition coefficient (Wildman–Crippen LogP) is 3.77. The van der Waals surface area contributed by atoms with Crippen molar-refractivity contribution in [2.75, 3.05) is 0 Å². The predicted molar refractivity (Wildman–Crippen MR) is 75.3 cm³/mol. The van der Waals surface area contributed by atoms with Gasteiger partial charge in [0.1, 0.15) is 5.75 Å². The van der Waals surface area contributed by atoms with Crippen LogP contribution in [0.3, 0.4) is 0 Å². The van der Waals surface area contributed by atoms with E-state index in [1.807, 2.05) is 26.0 Å². The van der Waals surface area contributed by atoms with Crippen molar-refractivity contribution in [1.82, 2.24) is 0 Å². The smallest absolute Gasteiger partial charge is 0.180 e. The Balaban J connectivity index is 3.12. The Morgan fingerprint density at radius 1 is 1.38 bits per heavy atom. The van der Waals surface area contributed by atoms with Crippen molar-refractivity contribution in [2.24, 2.45) is 0 Å². The molecule has 0 amide bonds. The Hall–Kier alpha value is -0.733. The summed E-state index contributed by atoms with van der Waals surface area (Å²) < 4.78 is 5.70. The average Bonchev–Trinajstić information content (AvgIpc) is 2.15. The van der Waals surface area contributed by atoms with Gasteiger partial charge < -0.3 is 4.74 Å². The molecule has 1 aromatic carbocycles. The Kier molecular flexibility index (Phi) is 4.22. The van der Waals surface area contributed by atoms with Crippen LogP contribution in [-0.2, 0) is 0 Å². The number of rotatable bonds is 4. The van der Waals surface area contributed by atoms with Gasteiger partial charge in [0.15, 0.2) is 7.38 Å². The minimum atomic E-state index is -1.77. The van der Waals surface area contributed by atoms with E-state index in [2.05, 4.69) is 31.8 Å². The summed E-state index contributed by atoms with van der Waals surface area (Å²) in [6.45, 7) is 12.1. The zero-order valence-corrected chi connectivity index (χ0v) is 12.1. The molecule has 0 unspecified atom stereocenters. The van der Waals surface area contributed by atoms with Crippen LogP contribution in [0.5, 0.6) is 5.75 Å². The first-order chi connectivity index (χ1) is 7.34. The van der Waals surface area contributed by atoms with Gasteiger partial charge in [-0.1, -0.05) is 37.9 Å². The Morgan fingerprint density at radius 2 is 2.00 bits per heavy atom. The molecule has 1 aromatic rings. The van der Waals surface area contributed by atoms with E-state index in [4.69, 9.17) is 15.8 Å². The lowest BCUT2D eigenvalue weighted by atomic mass is 10.2. The number of hydrogen-bond donors (Lipinski definition) is 0. The fraction of sp³-hybridized carbons (Fsp3) is 0.385. The number of halogens is 1. The largest absolute Gasteiger partial charge is 0.490 e. The standard InChI is InChI=1S/C13H19ClOSi/c1-6-11-9-12(16(4,5)14)7-8-13(11)15-10(2)3/h6-10H,1H2,2-5H3. The van der Waals surface area contributed by atoms with E-state index in [0.717, 1.165) is 11.3 Å². The van der Waals surface area contributed by atoms with Crippen LogP contribution in [-0.4, -0.2) is 13.5 Å². The molecule has 0 aromatic heterocycles. The zero-order chi connectivity index (χ0) is 12.3. The van der Waals surface area contributed by atoms with Crippen LogP contribution in [0.25, 0.3) is 6.08 Å². The highest BCUT2D eigenvalue weighted by Gasteiger charge is 2.21. The van der Waals surface area contributed by atoms with Crippen LogP contribution in [0.4, 0.5) is 0 Å². The molecular formula is C13H19ClOSi. The molecule has 0 radical (unpaired) electrons. The molecule has 0 fully saturated rings. The van der Waals surface area contributed by atoms with Gasteiger partial charge in [-0.3, -0.25) is 0 Å². The molecule has 0 atom stereocenters. The lowest BCUT2D eigenvalue weighted by Crippen LogP contribution is -2.35. The van der Waals surface area contributed by atoms with Crippen molar-refractivity contribution in [3.63, 3.8) is 0 Å². The third-order valence-corrected chi connectivity index (χ3v) is 4.62. The number of hydrogen-bond acceptors (Lipinski definition) is 1. The quantitative estimate of drug-likeness (QED) is 0.587. The molecule has 0 saturated heterocycles. The summed E-state index contributed by atoms with van der Waals surface area (Å²) in [7, 11) is -1.77. The van der Waals surface area contributed by atoms with Gasteiger partial charge in [0, 0.05) is 5.56 Å². The fourth-order valence-electron chi connectivity index (χ4n) is 1.44. The average molecular weight is 255 g/mol. The van der Waals surface area contributed by atoms with Gasteiger partial charge >= 0.3 is 0 Å². The van der Waals surface area contributed by atoms with Crippen LogP contribution < -0.4 is 9.92 Å². The third-order valence-electron chi connectivity index (χ3n) is 2.28. The molecule has 0 bridgehead atoms. The van der Waals surface area contributed by atoms with Gasteiger partial charge in [-0.25, -0.2) is 0 Å². The summed E-state index contributed by atoms with van der Waals surface area (Å²) in [5.74, 6) is 0.878. The lowest BCUT2D eigenvalue weighted by molar-refractivity contribution is 0.242. The molecule has 88 valence electrons. The van der Waals surface area contributed by atoms with Crippen LogP contribution in [0.2, 0.25) is 13.1 Å². The summed E-state index contributed by atoms with van der Waals surface area (Å²) >= 11 is 6.41. The molecule has 1 rings (SSSR count). The first-order valence-corrected chi connectivity index (χ1v) is 9.48. The minimum Gasteiger partial charge on any atom is -0.490 e. The van der Waals surface area contributed by atoms with Crippen LogP contribution in [0.1, 0.15) is 19.4 Å². The van der Waals surface area contributed by atoms with Crippen molar-refractivity contribution in [2.45, 2.75) is 33.0 Å². The summed E-state index contributed by atoms with van der Waals surface area (Å²) in [5, 5.41) is 1.21. The summed E-state index contributed by atoms with van der Waals surface area (Å²) in [4.78, 5) is 0. The lowest BCUT2D eigenvalue weighted by Gasteiger charge is -2.17. The molecule has 0 aliphatic rings. The molecule has 1 nitrogen and oxygen atoms in total. The third kappa shape index (κ3) is 3.39. The number of ether oxygens (including phenoxy) is 1. The molecular weight excluding hydrogens is 236 g/mol. The fourth-order valence-corrected chi connectivity index (χ4v) is 2.77. The zero-order valence-electron chi connectivity index (χ0n) is 10.4. The molecule has 0 spiro atoms. The summed E-state index contributed by atoms with van der Waals surface area (Å²) in [6, 6.07) is 6.14. The second-order valence-electron chi connectivity index (χ2n) is 4.60. The van der Waals surface area contributed by atoms with Gasteiger partial charge in [-0.15, -0.1) is 0 Å². The Labute approximate surface area is 104 Å². The number of benzene rings is 1.